The molecule has 1 aromatic rings. The molecule has 0 bridgehead atoms. The van der Waals surface area contributed by atoms with Crippen LogP contribution < -0.4 is 5.32 Å². The maximum atomic E-state index is 6.09. The van der Waals surface area contributed by atoms with Crippen LogP contribution in [0.4, 0.5) is 5.69 Å². The standard InChI is InChI=1S/C13H18ClN/c1-9-11(14)5-4-6-12(9)15-10(2)13(3)7-8-13/h4-6,10,15H,7-8H2,1-3H3. The summed E-state index contributed by atoms with van der Waals surface area (Å²) in [5.41, 5.74) is 2.81. The zero-order valence-electron chi connectivity index (χ0n) is 9.60. The van der Waals surface area contributed by atoms with Crippen LogP contribution in [0.25, 0.3) is 0 Å². The molecule has 1 unspecified atom stereocenters. The fourth-order valence-electron chi connectivity index (χ4n) is 1.80. The highest BCUT2D eigenvalue weighted by molar-refractivity contribution is 6.31. The molecule has 1 aliphatic rings. The summed E-state index contributed by atoms with van der Waals surface area (Å²) in [6.45, 7) is 6.66. The summed E-state index contributed by atoms with van der Waals surface area (Å²) >= 11 is 6.09. The van der Waals surface area contributed by atoms with Crippen LogP contribution in [0.3, 0.4) is 0 Å². The fraction of sp³-hybridized carbons (Fsp3) is 0.538. The minimum atomic E-state index is 0.495. The molecule has 1 saturated carbocycles. The molecule has 1 aliphatic carbocycles. The van der Waals surface area contributed by atoms with E-state index in [0.717, 1.165) is 10.6 Å². The van der Waals surface area contributed by atoms with E-state index in [9.17, 15) is 0 Å². The Hall–Kier alpha value is -0.690. The van der Waals surface area contributed by atoms with Gasteiger partial charge in [0.15, 0.2) is 0 Å². The Morgan fingerprint density at radius 1 is 1.40 bits per heavy atom. The van der Waals surface area contributed by atoms with Crippen LogP contribution in [0.1, 0.15) is 32.3 Å². The number of halogens is 1. The lowest BCUT2D eigenvalue weighted by molar-refractivity contribution is 0.493. The molecule has 82 valence electrons. The van der Waals surface area contributed by atoms with Crippen LogP contribution in [-0.4, -0.2) is 6.04 Å². The summed E-state index contributed by atoms with van der Waals surface area (Å²) in [5, 5.41) is 4.41. The maximum Gasteiger partial charge on any atom is 0.0455 e. The monoisotopic (exact) mass is 223 g/mol. The molecule has 0 saturated heterocycles. The summed E-state index contributed by atoms with van der Waals surface area (Å²) in [4.78, 5) is 0. The van der Waals surface area contributed by atoms with Crippen LogP contribution in [0, 0.1) is 12.3 Å². The lowest BCUT2D eigenvalue weighted by atomic mass is 10.00. The Morgan fingerprint density at radius 2 is 2.07 bits per heavy atom. The molecular weight excluding hydrogens is 206 g/mol. The van der Waals surface area contributed by atoms with Crippen LogP contribution in [-0.2, 0) is 0 Å². The van der Waals surface area contributed by atoms with E-state index in [-0.39, 0.29) is 0 Å². The topological polar surface area (TPSA) is 12.0 Å². The third kappa shape index (κ3) is 2.12. The molecular formula is C13H18ClN. The predicted octanol–water partition coefficient (Wildman–Crippen LogP) is 4.25. The minimum Gasteiger partial charge on any atom is -0.382 e. The second-order valence-corrected chi connectivity index (χ2v) is 5.34. The Kier molecular flexibility index (Phi) is 2.68. The second kappa shape index (κ2) is 3.71. The first-order chi connectivity index (χ1) is 7.03. The maximum absolute atomic E-state index is 6.09. The number of benzene rings is 1. The van der Waals surface area contributed by atoms with Crippen molar-refractivity contribution in [1.82, 2.24) is 0 Å². The van der Waals surface area contributed by atoms with Gasteiger partial charge in [0.05, 0.1) is 0 Å². The fourth-order valence-corrected chi connectivity index (χ4v) is 1.98. The van der Waals surface area contributed by atoms with Crippen molar-refractivity contribution in [2.75, 3.05) is 5.32 Å². The van der Waals surface area contributed by atoms with Gasteiger partial charge in [0.1, 0.15) is 0 Å². The average Bonchev–Trinajstić information content (AvgIpc) is 2.93. The zero-order valence-corrected chi connectivity index (χ0v) is 10.4. The van der Waals surface area contributed by atoms with Gasteiger partial charge in [-0.1, -0.05) is 24.6 Å². The van der Waals surface area contributed by atoms with E-state index in [1.807, 2.05) is 12.1 Å². The summed E-state index contributed by atoms with van der Waals surface area (Å²) in [7, 11) is 0. The van der Waals surface area contributed by atoms with Crippen molar-refractivity contribution in [2.24, 2.45) is 5.41 Å². The van der Waals surface area contributed by atoms with Crippen molar-refractivity contribution in [3.05, 3.63) is 28.8 Å². The zero-order chi connectivity index (χ0) is 11.1. The Balaban J connectivity index is 2.14. The summed E-state index contributed by atoms with van der Waals surface area (Å²) < 4.78 is 0. The Bertz CT molecular complexity index is 369. The lowest BCUT2D eigenvalue weighted by Gasteiger charge is -2.23. The molecule has 1 aromatic carbocycles. The van der Waals surface area contributed by atoms with Crippen molar-refractivity contribution in [3.63, 3.8) is 0 Å². The van der Waals surface area contributed by atoms with Crippen molar-refractivity contribution in [3.8, 4) is 0 Å². The van der Waals surface area contributed by atoms with E-state index >= 15 is 0 Å². The van der Waals surface area contributed by atoms with Crippen molar-refractivity contribution in [2.45, 2.75) is 39.7 Å². The molecule has 0 radical (unpaired) electrons. The molecule has 0 amide bonds. The first-order valence-corrected chi connectivity index (χ1v) is 5.92. The quantitative estimate of drug-likeness (QED) is 0.808. The smallest absolute Gasteiger partial charge is 0.0455 e. The molecule has 1 N–H and O–H groups in total. The highest BCUT2D eigenvalue weighted by Gasteiger charge is 2.42. The van der Waals surface area contributed by atoms with E-state index in [4.69, 9.17) is 11.6 Å². The first kappa shape index (κ1) is 10.8. The third-order valence-corrected chi connectivity index (χ3v) is 4.13. The highest BCUT2D eigenvalue weighted by Crippen LogP contribution is 2.49. The number of nitrogens with one attached hydrogen (secondary N) is 1. The largest absolute Gasteiger partial charge is 0.382 e. The van der Waals surface area contributed by atoms with Gasteiger partial charge in [0.25, 0.3) is 0 Å². The molecule has 0 aromatic heterocycles. The highest BCUT2D eigenvalue weighted by atomic mass is 35.5. The lowest BCUT2D eigenvalue weighted by Crippen LogP contribution is -2.25. The van der Waals surface area contributed by atoms with Gasteiger partial charge < -0.3 is 5.32 Å². The van der Waals surface area contributed by atoms with Gasteiger partial charge in [0, 0.05) is 16.8 Å². The van der Waals surface area contributed by atoms with Crippen molar-refractivity contribution in [1.29, 1.82) is 0 Å². The molecule has 0 spiro atoms. The van der Waals surface area contributed by atoms with Crippen molar-refractivity contribution < 1.29 is 0 Å². The van der Waals surface area contributed by atoms with Gasteiger partial charge in [-0.2, -0.15) is 0 Å². The Morgan fingerprint density at radius 3 is 2.67 bits per heavy atom. The molecule has 2 rings (SSSR count). The number of hydrogen-bond acceptors (Lipinski definition) is 1. The number of rotatable bonds is 3. The van der Waals surface area contributed by atoms with Gasteiger partial charge in [0.2, 0.25) is 0 Å². The van der Waals surface area contributed by atoms with Crippen LogP contribution >= 0.6 is 11.6 Å². The summed E-state index contributed by atoms with van der Waals surface area (Å²) in [6.07, 6.45) is 2.67. The van der Waals surface area contributed by atoms with Crippen LogP contribution in [0.15, 0.2) is 18.2 Å². The van der Waals surface area contributed by atoms with E-state index in [1.54, 1.807) is 0 Å². The molecule has 2 heteroatoms. The molecule has 1 fully saturated rings. The van der Waals surface area contributed by atoms with Crippen LogP contribution in [0.2, 0.25) is 5.02 Å². The summed E-state index contributed by atoms with van der Waals surface area (Å²) in [6, 6.07) is 6.56. The summed E-state index contributed by atoms with van der Waals surface area (Å²) in [5.74, 6) is 0. The van der Waals surface area contributed by atoms with Gasteiger partial charge in [-0.25, -0.2) is 0 Å². The van der Waals surface area contributed by atoms with Gasteiger partial charge in [-0.15, -0.1) is 0 Å². The minimum absolute atomic E-state index is 0.495. The average molecular weight is 224 g/mol. The van der Waals surface area contributed by atoms with E-state index in [0.29, 0.717) is 11.5 Å². The number of hydrogen-bond donors (Lipinski definition) is 1. The second-order valence-electron chi connectivity index (χ2n) is 4.93. The van der Waals surface area contributed by atoms with Crippen LogP contribution in [0.5, 0.6) is 0 Å². The predicted molar refractivity (Wildman–Crippen MR) is 66.6 cm³/mol. The van der Waals surface area contributed by atoms with Gasteiger partial charge >= 0.3 is 0 Å². The van der Waals surface area contributed by atoms with Gasteiger partial charge in [-0.05, 0) is 49.8 Å². The normalized spacial score (nSPS) is 19.7. The molecule has 0 aliphatic heterocycles. The molecule has 1 atom stereocenters. The Labute approximate surface area is 96.8 Å². The molecule has 1 nitrogen and oxygen atoms in total. The van der Waals surface area contributed by atoms with E-state index in [1.165, 1.54) is 18.5 Å². The van der Waals surface area contributed by atoms with Gasteiger partial charge in [-0.3, -0.25) is 0 Å². The SMILES string of the molecule is Cc1c(Cl)cccc1NC(C)C1(C)CC1. The van der Waals surface area contributed by atoms with E-state index in [2.05, 4.69) is 32.2 Å². The molecule has 15 heavy (non-hydrogen) atoms. The number of anilines is 1. The van der Waals surface area contributed by atoms with Crippen molar-refractivity contribution >= 4 is 17.3 Å². The van der Waals surface area contributed by atoms with E-state index < -0.39 is 0 Å². The molecule has 0 heterocycles. The third-order valence-electron chi connectivity index (χ3n) is 3.72. The first-order valence-electron chi connectivity index (χ1n) is 5.54.